The molecule has 1 aliphatic heterocycles. The number of nitrogens with zero attached hydrogens (tertiary/aromatic N) is 1. The lowest BCUT2D eigenvalue weighted by molar-refractivity contribution is -0.764. The molecule has 2 aliphatic rings. The Morgan fingerprint density at radius 3 is 3.00 bits per heavy atom. The SMILES string of the molecule is CC1C[NH+]([N-]C2=CCCC=C2)C(=O)O1. The molecule has 2 rings (SSSR count). The maximum atomic E-state index is 11.3. The monoisotopic (exact) mass is 194 g/mol. The van der Waals surface area contributed by atoms with Crippen molar-refractivity contribution >= 4 is 6.09 Å². The number of carbonyl (C=O) groups is 1. The van der Waals surface area contributed by atoms with Gasteiger partial charge in [-0.1, -0.05) is 23.9 Å². The molecule has 2 unspecified atom stereocenters. The number of rotatable bonds is 2. The Labute approximate surface area is 83.2 Å². The van der Waals surface area contributed by atoms with E-state index in [0.29, 0.717) is 11.6 Å². The zero-order chi connectivity index (χ0) is 9.97. The second kappa shape index (κ2) is 3.84. The number of ether oxygens (including phenoxy) is 1. The molecule has 1 aliphatic carbocycles. The fourth-order valence-corrected chi connectivity index (χ4v) is 1.58. The van der Waals surface area contributed by atoms with E-state index >= 15 is 0 Å². The molecule has 0 spiro atoms. The van der Waals surface area contributed by atoms with Crippen molar-refractivity contribution in [1.82, 2.24) is 0 Å². The van der Waals surface area contributed by atoms with Crippen LogP contribution >= 0.6 is 0 Å². The van der Waals surface area contributed by atoms with Gasteiger partial charge in [-0.2, -0.15) is 4.79 Å². The predicted octanol–water partition coefficient (Wildman–Crippen LogP) is 0.933. The summed E-state index contributed by atoms with van der Waals surface area (Å²) in [6.45, 7) is 2.51. The summed E-state index contributed by atoms with van der Waals surface area (Å²) >= 11 is 0. The number of hydrogen-bond acceptors (Lipinski definition) is 2. The molecule has 0 aromatic rings. The molecule has 4 nitrogen and oxygen atoms in total. The van der Waals surface area contributed by atoms with Gasteiger partial charge >= 0.3 is 6.09 Å². The Morgan fingerprint density at radius 2 is 2.43 bits per heavy atom. The standard InChI is InChI=1S/C10H14N2O2/c1-8-7-12(10(13)14-8)11-9-5-3-2-4-6-9/h3,5-6,8,12H,2,4,7H2,1H3. The molecule has 1 saturated heterocycles. The van der Waals surface area contributed by atoms with Crippen molar-refractivity contribution in [2.45, 2.75) is 25.9 Å². The van der Waals surface area contributed by atoms with Gasteiger partial charge in [-0.15, -0.1) is 0 Å². The van der Waals surface area contributed by atoms with E-state index in [2.05, 4.69) is 11.5 Å². The first-order valence-electron chi connectivity index (χ1n) is 4.91. The molecule has 0 aromatic heterocycles. The van der Waals surface area contributed by atoms with Crippen molar-refractivity contribution in [3.63, 3.8) is 0 Å². The molecule has 1 amide bonds. The Kier molecular flexibility index (Phi) is 2.54. The van der Waals surface area contributed by atoms with E-state index in [1.807, 2.05) is 19.1 Å². The summed E-state index contributed by atoms with van der Waals surface area (Å²) in [7, 11) is 0. The van der Waals surface area contributed by atoms with Gasteiger partial charge in [0.2, 0.25) is 0 Å². The predicted molar refractivity (Wildman–Crippen MR) is 51.6 cm³/mol. The summed E-state index contributed by atoms with van der Waals surface area (Å²) in [5, 5.41) is 0.551. The third kappa shape index (κ3) is 1.96. The molecular formula is C10H14N2O2. The van der Waals surface area contributed by atoms with Gasteiger partial charge in [0.05, 0.1) is 0 Å². The summed E-state index contributed by atoms with van der Waals surface area (Å²) in [4.78, 5) is 11.3. The van der Waals surface area contributed by atoms with Gasteiger partial charge < -0.3 is 10.2 Å². The number of cyclic esters (lactones) is 1. The zero-order valence-electron chi connectivity index (χ0n) is 8.19. The van der Waals surface area contributed by atoms with Crippen molar-refractivity contribution < 1.29 is 14.5 Å². The van der Waals surface area contributed by atoms with E-state index in [4.69, 9.17) is 4.74 Å². The quantitative estimate of drug-likeness (QED) is 0.710. The molecule has 0 radical (unpaired) electrons. The van der Waals surface area contributed by atoms with Crippen LogP contribution in [0.4, 0.5) is 4.79 Å². The minimum absolute atomic E-state index is 0.0191. The van der Waals surface area contributed by atoms with Crippen LogP contribution in [0, 0.1) is 0 Å². The third-order valence-electron chi connectivity index (χ3n) is 2.26. The first kappa shape index (κ1) is 9.27. The largest absolute Gasteiger partial charge is 0.509 e. The molecule has 14 heavy (non-hydrogen) atoms. The molecule has 76 valence electrons. The molecule has 2 atom stereocenters. The van der Waals surface area contributed by atoms with Gasteiger partial charge in [0, 0.05) is 0 Å². The molecule has 0 aromatic carbocycles. The van der Waals surface area contributed by atoms with Crippen molar-refractivity contribution in [3.05, 3.63) is 29.4 Å². The highest BCUT2D eigenvalue weighted by molar-refractivity contribution is 5.59. The van der Waals surface area contributed by atoms with Crippen LogP contribution in [0.25, 0.3) is 5.43 Å². The lowest BCUT2D eigenvalue weighted by Gasteiger charge is -2.25. The highest BCUT2D eigenvalue weighted by atomic mass is 16.6. The fraction of sp³-hybridized carbons (Fsp3) is 0.500. The number of quaternary nitrogens is 1. The highest BCUT2D eigenvalue weighted by Crippen LogP contribution is 2.12. The van der Waals surface area contributed by atoms with E-state index in [1.165, 1.54) is 0 Å². The van der Waals surface area contributed by atoms with Crippen LogP contribution in [0.2, 0.25) is 0 Å². The Hall–Kier alpha value is -1.29. The number of hydrogen-bond donors (Lipinski definition) is 1. The van der Waals surface area contributed by atoms with Gasteiger partial charge in [0.15, 0.2) is 6.10 Å². The van der Waals surface area contributed by atoms with Crippen LogP contribution in [0.3, 0.4) is 0 Å². The average Bonchev–Trinajstić information content (AvgIpc) is 2.47. The van der Waals surface area contributed by atoms with E-state index in [1.54, 1.807) is 0 Å². The first-order chi connectivity index (χ1) is 6.75. The molecule has 0 saturated carbocycles. The van der Waals surface area contributed by atoms with Crippen molar-refractivity contribution in [2.75, 3.05) is 6.54 Å². The third-order valence-corrected chi connectivity index (χ3v) is 2.26. The smallest absolute Gasteiger partial charge is 0.478 e. The van der Waals surface area contributed by atoms with Gasteiger partial charge in [-0.3, -0.25) is 5.01 Å². The Bertz CT molecular complexity index is 296. The zero-order valence-corrected chi connectivity index (χ0v) is 8.19. The first-order valence-corrected chi connectivity index (χ1v) is 4.91. The van der Waals surface area contributed by atoms with Crippen molar-refractivity contribution in [2.24, 2.45) is 0 Å². The van der Waals surface area contributed by atoms with Crippen LogP contribution < -0.4 is 5.01 Å². The van der Waals surface area contributed by atoms with E-state index < -0.39 is 0 Å². The summed E-state index contributed by atoms with van der Waals surface area (Å²) < 4.78 is 4.99. The number of carbonyl (C=O) groups excluding carboxylic acids is 1. The minimum atomic E-state index is -0.266. The average molecular weight is 194 g/mol. The number of nitrogens with one attached hydrogen (secondary N) is 1. The van der Waals surface area contributed by atoms with Gasteiger partial charge in [-0.05, 0) is 19.8 Å². The Balaban J connectivity index is 1.94. The van der Waals surface area contributed by atoms with Crippen LogP contribution in [-0.4, -0.2) is 18.7 Å². The van der Waals surface area contributed by atoms with E-state index in [0.717, 1.165) is 18.5 Å². The molecule has 4 heteroatoms. The minimum Gasteiger partial charge on any atom is -0.478 e. The maximum absolute atomic E-state index is 11.3. The molecular weight excluding hydrogens is 180 g/mol. The van der Waals surface area contributed by atoms with Gasteiger partial charge in [-0.25, -0.2) is 0 Å². The summed E-state index contributed by atoms with van der Waals surface area (Å²) in [5.41, 5.74) is 5.17. The fourth-order valence-electron chi connectivity index (χ4n) is 1.58. The second-order valence-electron chi connectivity index (χ2n) is 3.59. The highest BCUT2D eigenvalue weighted by Gasteiger charge is 2.29. The van der Waals surface area contributed by atoms with Crippen LogP contribution in [0.1, 0.15) is 19.8 Å². The number of amides is 1. The van der Waals surface area contributed by atoms with Crippen LogP contribution in [-0.2, 0) is 4.74 Å². The molecule has 0 bridgehead atoms. The summed E-state index contributed by atoms with van der Waals surface area (Å²) in [6, 6.07) is 0. The summed E-state index contributed by atoms with van der Waals surface area (Å²) in [6.07, 6.45) is 7.86. The topological polar surface area (TPSA) is 44.8 Å². The lowest BCUT2D eigenvalue weighted by Crippen LogP contribution is -3.08. The number of allylic oxidation sites excluding steroid dienone is 3. The van der Waals surface area contributed by atoms with Crippen molar-refractivity contribution in [1.29, 1.82) is 0 Å². The molecule has 1 N–H and O–H groups in total. The van der Waals surface area contributed by atoms with E-state index in [-0.39, 0.29) is 12.2 Å². The van der Waals surface area contributed by atoms with Crippen LogP contribution in [0.15, 0.2) is 23.9 Å². The maximum Gasteiger partial charge on any atom is 0.509 e. The van der Waals surface area contributed by atoms with Gasteiger partial charge in [0.25, 0.3) is 0 Å². The van der Waals surface area contributed by atoms with Gasteiger partial charge in [0.1, 0.15) is 6.54 Å². The number of alkyl carbamates (subject to hydrolysis) is 1. The normalized spacial score (nSPS) is 31.2. The van der Waals surface area contributed by atoms with Crippen molar-refractivity contribution in [3.8, 4) is 0 Å². The van der Waals surface area contributed by atoms with E-state index in [9.17, 15) is 4.79 Å². The lowest BCUT2D eigenvalue weighted by atomic mass is 10.1. The molecule has 1 heterocycles. The molecule has 1 fully saturated rings. The van der Waals surface area contributed by atoms with Crippen LogP contribution in [0.5, 0.6) is 0 Å². The second-order valence-corrected chi connectivity index (χ2v) is 3.59. The summed E-state index contributed by atoms with van der Waals surface area (Å²) in [5.74, 6) is 0. The Morgan fingerprint density at radius 1 is 1.57 bits per heavy atom.